The summed E-state index contributed by atoms with van der Waals surface area (Å²) in [5.74, 6) is -1.04. The Morgan fingerprint density at radius 1 is 1.21 bits per heavy atom. The van der Waals surface area contributed by atoms with Gasteiger partial charge in [0, 0.05) is 11.5 Å². The van der Waals surface area contributed by atoms with Gasteiger partial charge in [0.2, 0.25) is 11.8 Å². The zero-order chi connectivity index (χ0) is 16.9. The van der Waals surface area contributed by atoms with Gasteiger partial charge in [-0.3, -0.25) is 9.59 Å². The van der Waals surface area contributed by atoms with E-state index in [-0.39, 0.29) is 18.4 Å². The molecule has 2 N–H and O–H groups in total. The van der Waals surface area contributed by atoms with E-state index in [0.29, 0.717) is 24.4 Å². The summed E-state index contributed by atoms with van der Waals surface area (Å²) < 4.78 is 5.44. The van der Waals surface area contributed by atoms with Crippen LogP contribution in [0.15, 0.2) is 41.0 Å². The first-order chi connectivity index (χ1) is 11.6. The highest BCUT2D eigenvalue weighted by atomic mass is 16.4. The van der Waals surface area contributed by atoms with Crippen LogP contribution >= 0.6 is 0 Å². The van der Waals surface area contributed by atoms with Gasteiger partial charge in [-0.2, -0.15) is 0 Å². The molecule has 2 unspecified atom stereocenters. The van der Waals surface area contributed by atoms with Gasteiger partial charge in [-0.15, -0.1) is 0 Å². The average Bonchev–Trinajstić information content (AvgIpc) is 3.09. The van der Waals surface area contributed by atoms with Crippen molar-refractivity contribution in [2.24, 2.45) is 11.8 Å². The first kappa shape index (κ1) is 16.2. The molecule has 1 heterocycles. The van der Waals surface area contributed by atoms with E-state index in [1.54, 1.807) is 0 Å². The van der Waals surface area contributed by atoms with E-state index in [1.165, 1.54) is 6.26 Å². The maximum atomic E-state index is 12.3. The van der Waals surface area contributed by atoms with Crippen LogP contribution in [0, 0.1) is 11.8 Å². The second-order valence-corrected chi connectivity index (χ2v) is 6.13. The third kappa shape index (κ3) is 3.82. The van der Waals surface area contributed by atoms with Crippen LogP contribution in [0.2, 0.25) is 0 Å². The van der Waals surface area contributed by atoms with Crippen LogP contribution in [0.5, 0.6) is 0 Å². The molecule has 1 aliphatic rings. The molecule has 1 saturated carbocycles. The molecule has 2 atom stereocenters. The largest absolute Gasteiger partial charge is 0.481 e. The molecule has 1 fully saturated rings. The quantitative estimate of drug-likeness (QED) is 0.880. The molecule has 0 saturated heterocycles. The number of benzene rings is 1. The van der Waals surface area contributed by atoms with Gasteiger partial charge in [0.25, 0.3) is 0 Å². The fraction of sp³-hybridized carbons (Fsp3) is 0.389. The summed E-state index contributed by atoms with van der Waals surface area (Å²) in [6.45, 7) is 0.281. The minimum Gasteiger partial charge on any atom is -0.481 e. The molecule has 1 aliphatic carbocycles. The minimum absolute atomic E-state index is 0.106. The van der Waals surface area contributed by atoms with Crippen LogP contribution in [-0.4, -0.2) is 22.0 Å². The zero-order valence-corrected chi connectivity index (χ0v) is 13.3. The van der Waals surface area contributed by atoms with Crippen molar-refractivity contribution in [3.8, 4) is 11.5 Å². The van der Waals surface area contributed by atoms with Gasteiger partial charge >= 0.3 is 5.97 Å². The van der Waals surface area contributed by atoms with Crippen molar-refractivity contribution in [3.05, 3.63) is 42.3 Å². The Morgan fingerprint density at radius 3 is 2.71 bits per heavy atom. The van der Waals surface area contributed by atoms with E-state index >= 15 is 0 Å². The number of aliphatic carboxylic acids is 1. The number of nitrogens with one attached hydrogen (secondary N) is 1. The standard InChI is InChI=1S/C18H20N2O4/c21-16(13-7-4-8-14(9-13)18(22)23)19-10-15-11-24-17(20-15)12-5-2-1-3-6-12/h1-3,5-6,11,13-14H,4,7-10H2,(H,19,21)(H,22,23). The van der Waals surface area contributed by atoms with E-state index in [1.807, 2.05) is 30.3 Å². The topological polar surface area (TPSA) is 92.4 Å². The van der Waals surface area contributed by atoms with Crippen molar-refractivity contribution >= 4 is 11.9 Å². The van der Waals surface area contributed by atoms with E-state index in [4.69, 9.17) is 9.52 Å². The molecule has 1 aromatic carbocycles. The summed E-state index contributed by atoms with van der Waals surface area (Å²) in [4.78, 5) is 27.7. The zero-order valence-electron chi connectivity index (χ0n) is 13.3. The Kier molecular flexibility index (Phi) is 4.93. The molecule has 6 heteroatoms. The van der Waals surface area contributed by atoms with Crippen LogP contribution in [-0.2, 0) is 16.1 Å². The van der Waals surface area contributed by atoms with Crippen LogP contribution in [0.1, 0.15) is 31.4 Å². The van der Waals surface area contributed by atoms with Gasteiger partial charge in [-0.1, -0.05) is 24.6 Å². The number of carboxylic acids is 1. The molecule has 0 aliphatic heterocycles. The van der Waals surface area contributed by atoms with Gasteiger partial charge in [0.05, 0.1) is 18.2 Å². The molecule has 126 valence electrons. The highest BCUT2D eigenvalue weighted by Gasteiger charge is 2.30. The Morgan fingerprint density at radius 2 is 1.96 bits per heavy atom. The summed E-state index contributed by atoms with van der Waals surface area (Å²) in [7, 11) is 0. The van der Waals surface area contributed by atoms with Crippen molar-refractivity contribution in [1.29, 1.82) is 0 Å². The molecule has 0 spiro atoms. The fourth-order valence-corrected chi connectivity index (χ4v) is 3.08. The Bertz CT molecular complexity index is 711. The molecule has 1 aromatic heterocycles. The molecule has 0 bridgehead atoms. The lowest BCUT2D eigenvalue weighted by molar-refractivity contribution is -0.144. The first-order valence-corrected chi connectivity index (χ1v) is 8.14. The number of carbonyl (C=O) groups excluding carboxylic acids is 1. The predicted octanol–water partition coefficient (Wildman–Crippen LogP) is 2.85. The van der Waals surface area contributed by atoms with Gasteiger partial charge < -0.3 is 14.8 Å². The van der Waals surface area contributed by atoms with Crippen molar-refractivity contribution in [2.75, 3.05) is 0 Å². The first-order valence-electron chi connectivity index (χ1n) is 8.14. The maximum Gasteiger partial charge on any atom is 0.306 e. The lowest BCUT2D eigenvalue weighted by Gasteiger charge is -2.25. The van der Waals surface area contributed by atoms with Crippen LogP contribution in [0.25, 0.3) is 11.5 Å². The Balaban J connectivity index is 1.55. The smallest absolute Gasteiger partial charge is 0.306 e. The number of oxazole rings is 1. The van der Waals surface area contributed by atoms with Gasteiger partial charge in [0.15, 0.2) is 0 Å². The molecule has 6 nitrogen and oxygen atoms in total. The third-order valence-electron chi connectivity index (χ3n) is 4.41. The van der Waals surface area contributed by atoms with Gasteiger partial charge in [-0.25, -0.2) is 4.98 Å². The molecule has 24 heavy (non-hydrogen) atoms. The number of rotatable bonds is 5. The van der Waals surface area contributed by atoms with Crippen LogP contribution in [0.3, 0.4) is 0 Å². The second kappa shape index (κ2) is 7.29. The van der Waals surface area contributed by atoms with Crippen molar-refractivity contribution < 1.29 is 19.1 Å². The molecule has 3 rings (SSSR count). The molecular weight excluding hydrogens is 308 g/mol. The highest BCUT2D eigenvalue weighted by Crippen LogP contribution is 2.29. The van der Waals surface area contributed by atoms with Gasteiger partial charge in [0.1, 0.15) is 6.26 Å². The molecule has 0 radical (unpaired) electrons. The number of carboxylic acid groups (broad SMARTS) is 1. The number of hydrogen-bond donors (Lipinski definition) is 2. The summed E-state index contributed by atoms with van der Waals surface area (Å²) in [5, 5.41) is 11.9. The fourth-order valence-electron chi connectivity index (χ4n) is 3.08. The van der Waals surface area contributed by atoms with E-state index in [9.17, 15) is 9.59 Å². The highest BCUT2D eigenvalue weighted by molar-refractivity contribution is 5.80. The third-order valence-corrected chi connectivity index (χ3v) is 4.41. The minimum atomic E-state index is -0.809. The van der Waals surface area contributed by atoms with Crippen LogP contribution < -0.4 is 5.32 Å². The molecular formula is C18H20N2O4. The molecule has 1 amide bonds. The lowest BCUT2D eigenvalue weighted by atomic mass is 9.81. The van der Waals surface area contributed by atoms with Gasteiger partial charge in [-0.05, 0) is 31.4 Å². The van der Waals surface area contributed by atoms with E-state index in [2.05, 4.69) is 10.3 Å². The SMILES string of the molecule is O=C(O)C1CCCC(C(=O)NCc2coc(-c3ccccc3)n2)C1. The van der Waals surface area contributed by atoms with E-state index in [0.717, 1.165) is 18.4 Å². The normalized spacial score (nSPS) is 20.5. The van der Waals surface area contributed by atoms with E-state index < -0.39 is 11.9 Å². The number of carbonyl (C=O) groups is 2. The molecule has 2 aromatic rings. The maximum absolute atomic E-state index is 12.3. The van der Waals surface area contributed by atoms with Crippen molar-refractivity contribution in [1.82, 2.24) is 10.3 Å². The summed E-state index contributed by atoms with van der Waals surface area (Å²) in [5.41, 5.74) is 1.53. The summed E-state index contributed by atoms with van der Waals surface area (Å²) in [6.07, 6.45) is 4.11. The Hall–Kier alpha value is -2.63. The average molecular weight is 328 g/mol. The predicted molar refractivity (Wildman–Crippen MR) is 86.9 cm³/mol. The van der Waals surface area contributed by atoms with Crippen LogP contribution in [0.4, 0.5) is 0 Å². The monoisotopic (exact) mass is 328 g/mol. The Labute approximate surface area is 139 Å². The second-order valence-electron chi connectivity index (χ2n) is 6.13. The van der Waals surface area contributed by atoms with Crippen molar-refractivity contribution in [2.45, 2.75) is 32.2 Å². The number of nitrogens with zero attached hydrogens (tertiary/aromatic N) is 1. The summed E-state index contributed by atoms with van der Waals surface area (Å²) >= 11 is 0. The number of aromatic nitrogens is 1. The number of amides is 1. The summed E-state index contributed by atoms with van der Waals surface area (Å²) in [6, 6.07) is 9.54. The lowest BCUT2D eigenvalue weighted by Crippen LogP contribution is -2.35. The van der Waals surface area contributed by atoms with Crippen molar-refractivity contribution in [3.63, 3.8) is 0 Å². The number of hydrogen-bond acceptors (Lipinski definition) is 4.